The van der Waals surface area contributed by atoms with Gasteiger partial charge in [-0.3, -0.25) is 5.32 Å². The summed E-state index contributed by atoms with van der Waals surface area (Å²) in [6.07, 6.45) is -0.842. The van der Waals surface area contributed by atoms with Gasteiger partial charge in [-0.1, -0.05) is 11.6 Å². The maximum absolute atomic E-state index is 13.1. The highest BCUT2D eigenvalue weighted by Gasteiger charge is 2.07. The molecule has 1 aromatic rings. The van der Waals surface area contributed by atoms with Gasteiger partial charge in [0.15, 0.2) is 0 Å². The van der Waals surface area contributed by atoms with Gasteiger partial charge in [-0.15, -0.1) is 0 Å². The summed E-state index contributed by atoms with van der Waals surface area (Å²) in [5, 5.41) is 10.8. The van der Waals surface area contributed by atoms with Crippen molar-refractivity contribution in [2.24, 2.45) is 0 Å². The molecule has 1 rings (SSSR count). The zero-order chi connectivity index (χ0) is 11.3. The van der Waals surface area contributed by atoms with Crippen LogP contribution in [0.4, 0.5) is 14.9 Å². The van der Waals surface area contributed by atoms with Crippen LogP contribution in [0.25, 0.3) is 0 Å². The van der Waals surface area contributed by atoms with Gasteiger partial charge in [-0.2, -0.15) is 0 Å². The van der Waals surface area contributed by atoms with Gasteiger partial charge in [0.2, 0.25) is 0 Å². The molecule has 0 saturated heterocycles. The molecular weight excluding hydrogens is 225 g/mol. The molecule has 0 atom stereocenters. The van der Waals surface area contributed by atoms with Crippen molar-refractivity contribution < 1.29 is 19.0 Å². The summed E-state index contributed by atoms with van der Waals surface area (Å²) in [5.74, 6) is -0.611. The molecule has 82 valence electrons. The van der Waals surface area contributed by atoms with Crippen molar-refractivity contribution in [2.75, 3.05) is 18.5 Å². The van der Waals surface area contributed by atoms with Crippen LogP contribution in [0, 0.1) is 5.82 Å². The van der Waals surface area contributed by atoms with Gasteiger partial charge in [-0.05, 0) is 18.2 Å². The molecule has 0 bridgehead atoms. The number of aliphatic hydroxyl groups excluding tert-OH is 1. The van der Waals surface area contributed by atoms with Gasteiger partial charge in [0.25, 0.3) is 0 Å². The lowest BCUT2D eigenvalue weighted by molar-refractivity contribution is 0.131. The molecule has 0 radical (unpaired) electrons. The van der Waals surface area contributed by atoms with Crippen LogP contribution in [0.2, 0.25) is 5.02 Å². The van der Waals surface area contributed by atoms with E-state index in [2.05, 4.69) is 10.1 Å². The second-order valence-corrected chi connectivity index (χ2v) is 3.05. The Morgan fingerprint density at radius 3 is 3.00 bits per heavy atom. The summed E-state index contributed by atoms with van der Waals surface area (Å²) in [5.41, 5.74) is -0.0644. The van der Waals surface area contributed by atoms with E-state index in [0.717, 1.165) is 6.07 Å². The third kappa shape index (κ3) is 3.73. The number of benzene rings is 1. The number of carbonyl (C=O) groups excluding carboxylic acids is 1. The number of ether oxygens (including phenoxy) is 1. The predicted octanol–water partition coefficient (Wildman–Crippen LogP) is 2.02. The van der Waals surface area contributed by atoms with E-state index in [9.17, 15) is 9.18 Å². The van der Waals surface area contributed by atoms with E-state index >= 15 is 0 Å². The number of nitrogens with one attached hydrogen (secondary N) is 1. The van der Waals surface area contributed by atoms with Gasteiger partial charge in [0.05, 0.1) is 12.3 Å². The van der Waals surface area contributed by atoms with Crippen molar-refractivity contribution in [1.82, 2.24) is 0 Å². The van der Waals surface area contributed by atoms with Crippen LogP contribution in [0.15, 0.2) is 18.2 Å². The van der Waals surface area contributed by atoms with Crippen molar-refractivity contribution in [3.8, 4) is 0 Å². The molecule has 0 fully saturated rings. The van der Waals surface area contributed by atoms with Gasteiger partial charge in [0.1, 0.15) is 12.4 Å². The summed E-state index contributed by atoms with van der Waals surface area (Å²) in [7, 11) is 0. The van der Waals surface area contributed by atoms with Gasteiger partial charge < -0.3 is 9.84 Å². The highest BCUT2D eigenvalue weighted by atomic mass is 35.5. The third-order valence-electron chi connectivity index (χ3n) is 1.49. The van der Waals surface area contributed by atoms with Crippen molar-refractivity contribution in [3.05, 3.63) is 29.0 Å². The molecule has 15 heavy (non-hydrogen) atoms. The summed E-state index contributed by atoms with van der Waals surface area (Å²) in [4.78, 5) is 11.0. The Morgan fingerprint density at radius 1 is 1.60 bits per heavy atom. The molecule has 0 spiro atoms. The fourth-order valence-electron chi connectivity index (χ4n) is 0.878. The minimum Gasteiger partial charge on any atom is -0.447 e. The lowest BCUT2D eigenvalue weighted by Crippen LogP contribution is -2.16. The Hall–Kier alpha value is -1.33. The molecule has 1 aromatic carbocycles. The Bertz CT molecular complexity index is 359. The quantitative estimate of drug-likeness (QED) is 0.840. The molecule has 0 aliphatic heterocycles. The van der Waals surface area contributed by atoms with E-state index in [-0.39, 0.29) is 18.9 Å². The molecule has 0 saturated carbocycles. The first-order valence-corrected chi connectivity index (χ1v) is 4.51. The average molecular weight is 234 g/mol. The highest BCUT2D eigenvalue weighted by Crippen LogP contribution is 2.19. The fourth-order valence-corrected chi connectivity index (χ4v) is 1.05. The van der Waals surface area contributed by atoms with Crippen molar-refractivity contribution >= 4 is 23.4 Å². The van der Waals surface area contributed by atoms with E-state index in [4.69, 9.17) is 16.7 Å². The zero-order valence-corrected chi connectivity index (χ0v) is 8.42. The second-order valence-electron chi connectivity index (χ2n) is 2.61. The van der Waals surface area contributed by atoms with Crippen LogP contribution < -0.4 is 5.32 Å². The topological polar surface area (TPSA) is 58.6 Å². The van der Waals surface area contributed by atoms with Crippen LogP contribution in [0.1, 0.15) is 0 Å². The Morgan fingerprint density at radius 2 is 2.33 bits per heavy atom. The Kier molecular flexibility index (Phi) is 4.33. The minimum atomic E-state index is -0.842. The maximum atomic E-state index is 13.1. The Balaban J connectivity index is 2.63. The van der Waals surface area contributed by atoms with Crippen LogP contribution in [0.5, 0.6) is 0 Å². The first-order valence-electron chi connectivity index (χ1n) is 4.13. The molecule has 0 aromatic heterocycles. The number of aliphatic hydroxyl groups is 1. The zero-order valence-electron chi connectivity index (χ0n) is 7.67. The highest BCUT2D eigenvalue weighted by molar-refractivity contribution is 6.30. The number of amides is 1. The number of carbonyl (C=O) groups is 1. The smallest absolute Gasteiger partial charge is 0.411 e. The normalized spacial score (nSPS) is 9.80. The van der Waals surface area contributed by atoms with Gasteiger partial charge in [0, 0.05) is 5.02 Å². The first-order chi connectivity index (χ1) is 7.13. The van der Waals surface area contributed by atoms with Gasteiger partial charge >= 0.3 is 6.09 Å². The summed E-state index contributed by atoms with van der Waals surface area (Å²) in [6.45, 7) is -0.431. The van der Waals surface area contributed by atoms with Gasteiger partial charge in [-0.25, -0.2) is 9.18 Å². The van der Waals surface area contributed by atoms with E-state index in [1.807, 2.05) is 0 Å². The lowest BCUT2D eigenvalue weighted by Gasteiger charge is -2.06. The second kappa shape index (κ2) is 5.53. The van der Waals surface area contributed by atoms with Crippen LogP contribution in [-0.4, -0.2) is 24.4 Å². The molecular formula is C9H9ClFNO3. The van der Waals surface area contributed by atoms with E-state index in [1.54, 1.807) is 0 Å². The SMILES string of the molecule is O=C(Nc1cc(Cl)ccc1F)OCCO. The predicted molar refractivity (Wildman–Crippen MR) is 53.5 cm³/mol. The molecule has 1 amide bonds. The van der Waals surface area contributed by atoms with E-state index in [1.165, 1.54) is 12.1 Å². The van der Waals surface area contributed by atoms with Crippen LogP contribution in [0.3, 0.4) is 0 Å². The first kappa shape index (κ1) is 11.7. The molecule has 6 heteroatoms. The third-order valence-corrected chi connectivity index (χ3v) is 1.72. The summed E-state index contributed by atoms with van der Waals surface area (Å²) in [6, 6.07) is 3.75. The molecule has 0 heterocycles. The summed E-state index contributed by atoms with van der Waals surface area (Å²) < 4.78 is 17.6. The minimum absolute atomic E-state index is 0.0644. The maximum Gasteiger partial charge on any atom is 0.411 e. The number of anilines is 1. The van der Waals surface area contributed by atoms with Crippen molar-refractivity contribution in [1.29, 1.82) is 0 Å². The molecule has 4 nitrogen and oxygen atoms in total. The molecule has 0 aliphatic rings. The number of rotatable bonds is 3. The number of hydrogen-bond acceptors (Lipinski definition) is 3. The standard InChI is InChI=1S/C9H9ClFNO3/c10-6-1-2-7(11)8(5-6)12-9(14)15-4-3-13/h1-2,5,13H,3-4H2,(H,12,14). The molecule has 2 N–H and O–H groups in total. The lowest BCUT2D eigenvalue weighted by atomic mass is 10.3. The average Bonchev–Trinajstić information content (AvgIpc) is 2.20. The van der Waals surface area contributed by atoms with Crippen molar-refractivity contribution in [3.63, 3.8) is 0 Å². The van der Waals surface area contributed by atoms with Crippen LogP contribution >= 0.6 is 11.6 Å². The number of halogens is 2. The molecule has 0 unspecified atom stereocenters. The van der Waals surface area contributed by atoms with Crippen LogP contribution in [-0.2, 0) is 4.74 Å². The fraction of sp³-hybridized carbons (Fsp3) is 0.222. The van der Waals surface area contributed by atoms with E-state index in [0.29, 0.717) is 5.02 Å². The van der Waals surface area contributed by atoms with Crippen molar-refractivity contribution in [2.45, 2.75) is 0 Å². The van der Waals surface area contributed by atoms with E-state index < -0.39 is 11.9 Å². The molecule has 0 aliphatic carbocycles. The largest absolute Gasteiger partial charge is 0.447 e. The summed E-state index contributed by atoms with van der Waals surface area (Å²) >= 11 is 5.61. The Labute approximate surface area is 90.6 Å². The monoisotopic (exact) mass is 233 g/mol. The number of hydrogen-bond donors (Lipinski definition) is 2.